The van der Waals surface area contributed by atoms with Crippen LogP contribution in [0.25, 0.3) is 22.2 Å². The smallest absolute Gasteiger partial charge is 0.242 e. The van der Waals surface area contributed by atoms with Gasteiger partial charge in [-0.05, 0) is 68.4 Å². The fraction of sp³-hybridized carbons (Fsp3) is 0.412. The maximum atomic E-state index is 15.6. The third-order valence-corrected chi connectivity index (χ3v) is 8.18. The number of amides is 1. The van der Waals surface area contributed by atoms with Crippen molar-refractivity contribution in [3.05, 3.63) is 66.6 Å². The zero-order valence-electron chi connectivity index (χ0n) is 25.3. The third-order valence-electron chi connectivity index (χ3n) is 8.18. The summed E-state index contributed by atoms with van der Waals surface area (Å²) < 4.78 is 23.2. The number of fused-ring (bicyclic) bond motifs is 1. The third kappa shape index (κ3) is 6.48. The number of anilines is 1. The molecule has 0 spiro atoms. The van der Waals surface area contributed by atoms with Gasteiger partial charge >= 0.3 is 0 Å². The van der Waals surface area contributed by atoms with E-state index in [-0.39, 0.29) is 28.7 Å². The minimum atomic E-state index is -1.09. The lowest BCUT2D eigenvalue weighted by Gasteiger charge is -2.37. The van der Waals surface area contributed by atoms with Gasteiger partial charge in [0.2, 0.25) is 5.91 Å². The number of nitrogens with two attached hydrogens (primary N) is 1. The van der Waals surface area contributed by atoms with Crippen LogP contribution in [0.2, 0.25) is 0 Å². The lowest BCUT2D eigenvalue weighted by atomic mass is 9.81. The summed E-state index contributed by atoms with van der Waals surface area (Å²) in [5, 5.41) is 15.5. The molecule has 1 aliphatic heterocycles. The van der Waals surface area contributed by atoms with Gasteiger partial charge in [0.15, 0.2) is 0 Å². The molecular formula is C34H39FN6O2. The number of benzene rings is 2. The van der Waals surface area contributed by atoms with E-state index in [2.05, 4.69) is 31.8 Å². The van der Waals surface area contributed by atoms with Crippen LogP contribution in [0.4, 0.5) is 10.2 Å². The largest absolute Gasteiger partial charge is 0.457 e. The molecule has 3 heterocycles. The number of para-hydroxylation sites is 1. The summed E-state index contributed by atoms with van der Waals surface area (Å²) in [5.41, 5.74) is 6.77. The van der Waals surface area contributed by atoms with E-state index in [0.29, 0.717) is 42.1 Å². The fourth-order valence-electron chi connectivity index (χ4n) is 5.83. The second-order valence-corrected chi connectivity index (χ2v) is 12.8. The number of hydrogen-bond acceptors (Lipinski definition) is 6. The molecule has 8 nitrogen and oxygen atoms in total. The van der Waals surface area contributed by atoms with Crippen LogP contribution in [0.1, 0.15) is 65.8 Å². The summed E-state index contributed by atoms with van der Waals surface area (Å²) in [5.74, 6) is 0.584. The van der Waals surface area contributed by atoms with Crippen molar-refractivity contribution in [1.82, 2.24) is 19.7 Å². The van der Waals surface area contributed by atoms with Crippen molar-refractivity contribution in [2.75, 3.05) is 18.8 Å². The van der Waals surface area contributed by atoms with E-state index >= 15 is 4.39 Å². The molecule has 0 radical (unpaired) electrons. The van der Waals surface area contributed by atoms with Crippen LogP contribution < -0.4 is 10.5 Å². The maximum Gasteiger partial charge on any atom is 0.242 e. The van der Waals surface area contributed by atoms with Crippen molar-refractivity contribution in [2.24, 2.45) is 10.8 Å². The molecule has 0 aliphatic carbocycles. The van der Waals surface area contributed by atoms with Gasteiger partial charge in [-0.15, -0.1) is 0 Å². The Hall–Kier alpha value is -4.45. The molecule has 0 bridgehead atoms. The Balaban J connectivity index is 1.43. The summed E-state index contributed by atoms with van der Waals surface area (Å²) in [4.78, 5) is 19.8. The number of ether oxygens (including phenoxy) is 1. The first-order valence-electron chi connectivity index (χ1n) is 14.9. The monoisotopic (exact) mass is 582 g/mol. The van der Waals surface area contributed by atoms with Crippen LogP contribution in [0, 0.1) is 28.0 Å². The zero-order chi connectivity index (χ0) is 30.8. The molecule has 1 amide bonds. The minimum Gasteiger partial charge on any atom is -0.457 e. The van der Waals surface area contributed by atoms with E-state index in [9.17, 15) is 10.1 Å². The molecule has 2 N–H and O–H groups in total. The van der Waals surface area contributed by atoms with Gasteiger partial charge in [0.1, 0.15) is 34.2 Å². The number of nitrogen functional groups attached to an aromatic ring is 1. The second-order valence-electron chi connectivity index (χ2n) is 12.8. The van der Waals surface area contributed by atoms with Crippen LogP contribution in [-0.2, 0) is 4.79 Å². The molecule has 2 aromatic heterocycles. The van der Waals surface area contributed by atoms with Gasteiger partial charge < -0.3 is 15.4 Å². The standard InChI is InChI=1S/C34H39FN6O2/c1-33(2,3)16-9-17-34(4,22-36)32(42)40-19-8-10-23(21-40)41-28-15-18-38-31(37)29(28)30(39-41)26-14-13-25(20-27(26)35)43-24-11-6-5-7-12-24/h5-7,11-15,18,20,23H,8-10,16-17,19,21H2,1-4H3,(H2,37,38)/t23-,34?/m1/s1. The summed E-state index contributed by atoms with van der Waals surface area (Å²) in [6, 6.07) is 17.8. The predicted octanol–water partition coefficient (Wildman–Crippen LogP) is 7.52. The summed E-state index contributed by atoms with van der Waals surface area (Å²) >= 11 is 0. The van der Waals surface area contributed by atoms with Crippen molar-refractivity contribution in [3.63, 3.8) is 0 Å². The molecule has 1 unspecified atom stereocenters. The van der Waals surface area contributed by atoms with Crippen molar-refractivity contribution in [2.45, 2.75) is 65.8 Å². The van der Waals surface area contributed by atoms with Gasteiger partial charge in [0.05, 0.1) is 23.0 Å². The molecule has 0 saturated carbocycles. The lowest BCUT2D eigenvalue weighted by molar-refractivity contribution is -0.140. The number of nitrogens with zero attached hydrogens (tertiary/aromatic N) is 5. The maximum absolute atomic E-state index is 15.6. The average Bonchev–Trinajstić information content (AvgIpc) is 3.37. The van der Waals surface area contributed by atoms with Gasteiger partial charge in [0, 0.05) is 30.9 Å². The van der Waals surface area contributed by atoms with Crippen LogP contribution in [0.15, 0.2) is 60.8 Å². The molecule has 1 aliphatic rings. The van der Waals surface area contributed by atoms with Crippen molar-refractivity contribution in [3.8, 4) is 28.8 Å². The van der Waals surface area contributed by atoms with Gasteiger partial charge in [-0.2, -0.15) is 10.4 Å². The van der Waals surface area contributed by atoms with Crippen LogP contribution >= 0.6 is 0 Å². The van der Waals surface area contributed by atoms with E-state index in [1.165, 1.54) is 6.07 Å². The molecule has 1 fully saturated rings. The Morgan fingerprint density at radius 2 is 1.88 bits per heavy atom. The van der Waals surface area contributed by atoms with E-state index < -0.39 is 11.2 Å². The quantitative estimate of drug-likeness (QED) is 0.230. The number of hydrogen-bond donors (Lipinski definition) is 1. The molecule has 1 saturated heterocycles. The highest BCUT2D eigenvalue weighted by molar-refractivity contribution is 6.00. The predicted molar refractivity (Wildman–Crippen MR) is 166 cm³/mol. The van der Waals surface area contributed by atoms with Crippen molar-refractivity contribution in [1.29, 1.82) is 5.26 Å². The molecule has 43 heavy (non-hydrogen) atoms. The van der Waals surface area contributed by atoms with Gasteiger partial charge in [-0.1, -0.05) is 45.4 Å². The lowest BCUT2D eigenvalue weighted by Crippen LogP contribution is -2.47. The first-order valence-corrected chi connectivity index (χ1v) is 14.9. The van der Waals surface area contributed by atoms with Crippen molar-refractivity contribution >= 4 is 22.6 Å². The van der Waals surface area contributed by atoms with Crippen LogP contribution in [0.3, 0.4) is 0 Å². The van der Waals surface area contributed by atoms with Crippen molar-refractivity contribution < 1.29 is 13.9 Å². The topological polar surface area (TPSA) is 110 Å². The molecular weight excluding hydrogens is 543 g/mol. The number of rotatable bonds is 8. The number of pyridine rings is 1. The molecule has 2 atom stereocenters. The number of piperidine rings is 1. The molecule has 2 aromatic carbocycles. The Bertz CT molecular complexity index is 1660. The molecule has 5 rings (SSSR count). The minimum absolute atomic E-state index is 0.139. The number of halogens is 1. The first kappa shape index (κ1) is 30.0. The molecule has 9 heteroatoms. The average molecular weight is 583 g/mol. The van der Waals surface area contributed by atoms with E-state index in [0.717, 1.165) is 31.2 Å². The first-order chi connectivity index (χ1) is 20.5. The van der Waals surface area contributed by atoms with Gasteiger partial charge in [-0.3, -0.25) is 9.48 Å². The van der Waals surface area contributed by atoms with Gasteiger partial charge in [-0.25, -0.2) is 9.37 Å². The summed E-state index contributed by atoms with van der Waals surface area (Å²) in [7, 11) is 0. The van der Waals surface area contributed by atoms with E-state index in [1.807, 2.05) is 28.9 Å². The number of carbonyl (C=O) groups is 1. The fourth-order valence-corrected chi connectivity index (χ4v) is 5.83. The SMILES string of the molecule is CC(C)(C)CCCC(C)(C#N)C(=O)N1CCC[C@@H](n2nc(-c3ccc(Oc4ccccc4)cc3F)c3c(N)nccc32)C1. The molecule has 224 valence electrons. The summed E-state index contributed by atoms with van der Waals surface area (Å²) in [6.07, 6.45) is 5.41. The van der Waals surface area contributed by atoms with Gasteiger partial charge in [0.25, 0.3) is 0 Å². The number of nitriles is 1. The normalized spacial score (nSPS) is 16.9. The van der Waals surface area contributed by atoms with Crippen LogP contribution in [-0.4, -0.2) is 38.7 Å². The highest BCUT2D eigenvalue weighted by Crippen LogP contribution is 2.38. The Morgan fingerprint density at radius 1 is 1.12 bits per heavy atom. The highest BCUT2D eigenvalue weighted by Gasteiger charge is 2.39. The Kier molecular flexibility index (Phi) is 8.41. The zero-order valence-corrected chi connectivity index (χ0v) is 25.3. The second kappa shape index (κ2) is 12.0. The summed E-state index contributed by atoms with van der Waals surface area (Å²) in [6.45, 7) is 9.23. The number of likely N-dealkylation sites (tertiary alicyclic amines) is 1. The Labute approximate surface area is 252 Å². The number of carbonyl (C=O) groups excluding carboxylic acids is 1. The molecule has 4 aromatic rings. The number of aromatic nitrogens is 3. The van der Waals surface area contributed by atoms with E-state index in [1.54, 1.807) is 42.3 Å². The van der Waals surface area contributed by atoms with E-state index in [4.69, 9.17) is 15.6 Å². The highest BCUT2D eigenvalue weighted by atomic mass is 19.1. The Morgan fingerprint density at radius 3 is 2.58 bits per heavy atom. The van der Waals surface area contributed by atoms with Crippen LogP contribution in [0.5, 0.6) is 11.5 Å².